The van der Waals surface area contributed by atoms with Gasteiger partial charge in [-0.3, -0.25) is 0 Å². The first-order chi connectivity index (χ1) is 13.3. The smallest absolute Gasteiger partial charge is 0.113 e. The summed E-state index contributed by atoms with van der Waals surface area (Å²) in [5, 5.41) is 0.763. The van der Waals surface area contributed by atoms with Crippen LogP contribution in [0.5, 0.6) is 0 Å². The van der Waals surface area contributed by atoms with Gasteiger partial charge in [0, 0.05) is 30.6 Å². The predicted molar refractivity (Wildman–Crippen MR) is 111 cm³/mol. The maximum Gasteiger partial charge on any atom is 0.113 e. The monoisotopic (exact) mass is 372 g/mol. The van der Waals surface area contributed by atoms with Crippen LogP contribution >= 0.6 is 11.6 Å². The highest BCUT2D eigenvalue weighted by atomic mass is 35.5. The first-order valence-electron chi connectivity index (χ1n) is 9.13. The molecule has 134 valence electrons. The zero-order valence-electron chi connectivity index (χ0n) is 15.1. The van der Waals surface area contributed by atoms with E-state index >= 15 is 0 Å². The van der Waals surface area contributed by atoms with Crippen LogP contribution in [0.25, 0.3) is 0 Å². The molecule has 4 aromatic rings. The zero-order chi connectivity index (χ0) is 18.5. The van der Waals surface area contributed by atoms with E-state index in [-0.39, 0.29) is 0 Å². The predicted octanol–water partition coefficient (Wildman–Crippen LogP) is 5.77. The van der Waals surface area contributed by atoms with Gasteiger partial charge in [-0.25, -0.2) is 4.98 Å². The number of rotatable bonds is 6. The van der Waals surface area contributed by atoms with Gasteiger partial charge >= 0.3 is 0 Å². The van der Waals surface area contributed by atoms with Crippen molar-refractivity contribution < 1.29 is 0 Å². The van der Waals surface area contributed by atoms with Crippen LogP contribution in [-0.2, 0) is 19.4 Å². The second-order valence-corrected chi connectivity index (χ2v) is 7.16. The molecule has 0 atom stereocenters. The minimum atomic E-state index is 0.763. The summed E-state index contributed by atoms with van der Waals surface area (Å²) in [5.74, 6) is 1.09. The summed E-state index contributed by atoms with van der Waals surface area (Å²) < 4.78 is 2.26. The van der Waals surface area contributed by atoms with E-state index in [1.54, 1.807) is 0 Å². The lowest BCUT2D eigenvalue weighted by Crippen LogP contribution is -2.05. The molecule has 0 saturated heterocycles. The standard InChI is InChI=1S/C24H21ClN2/c25-22-13-11-21(12-14-22)17-27-18-23(15-19-7-3-1-4-8-19)26-24(27)16-20-9-5-2-6-10-20/h1-14,18H,15-17H2. The Bertz CT molecular complexity index is 990. The molecule has 0 aliphatic heterocycles. The second-order valence-electron chi connectivity index (χ2n) is 6.73. The fourth-order valence-electron chi connectivity index (χ4n) is 3.25. The van der Waals surface area contributed by atoms with Crippen LogP contribution in [-0.4, -0.2) is 9.55 Å². The third-order valence-corrected chi connectivity index (χ3v) is 4.86. The lowest BCUT2D eigenvalue weighted by atomic mass is 10.1. The minimum Gasteiger partial charge on any atom is -0.330 e. The summed E-state index contributed by atoms with van der Waals surface area (Å²) in [5.41, 5.74) is 4.87. The Morgan fingerprint density at radius 2 is 1.26 bits per heavy atom. The number of halogens is 1. The highest BCUT2D eigenvalue weighted by Crippen LogP contribution is 2.17. The number of aromatic nitrogens is 2. The Kier molecular flexibility index (Phi) is 5.36. The van der Waals surface area contributed by atoms with E-state index in [2.05, 4.69) is 71.4 Å². The van der Waals surface area contributed by atoms with Crippen molar-refractivity contribution in [3.8, 4) is 0 Å². The summed E-state index contributed by atoms with van der Waals surface area (Å²) in [7, 11) is 0. The summed E-state index contributed by atoms with van der Waals surface area (Å²) in [6.45, 7) is 0.793. The quantitative estimate of drug-likeness (QED) is 0.420. The molecule has 0 radical (unpaired) electrons. The molecule has 0 aliphatic carbocycles. The number of benzene rings is 3. The molecule has 3 heteroatoms. The lowest BCUT2D eigenvalue weighted by Gasteiger charge is -2.08. The van der Waals surface area contributed by atoms with Crippen LogP contribution < -0.4 is 0 Å². The van der Waals surface area contributed by atoms with E-state index in [1.807, 2.05) is 24.3 Å². The number of nitrogens with zero attached hydrogens (tertiary/aromatic N) is 2. The van der Waals surface area contributed by atoms with E-state index in [4.69, 9.17) is 16.6 Å². The van der Waals surface area contributed by atoms with Crippen molar-refractivity contribution in [2.24, 2.45) is 0 Å². The van der Waals surface area contributed by atoms with E-state index in [0.717, 1.165) is 35.9 Å². The molecule has 1 aromatic heterocycles. The second kappa shape index (κ2) is 8.24. The van der Waals surface area contributed by atoms with E-state index in [0.29, 0.717) is 0 Å². The highest BCUT2D eigenvalue weighted by Gasteiger charge is 2.10. The molecule has 0 unspecified atom stereocenters. The number of hydrogen-bond donors (Lipinski definition) is 0. The van der Waals surface area contributed by atoms with Crippen molar-refractivity contribution in [1.82, 2.24) is 9.55 Å². The average molecular weight is 373 g/mol. The SMILES string of the molecule is Clc1ccc(Cn2cc(Cc3ccccc3)nc2Cc2ccccc2)cc1. The van der Waals surface area contributed by atoms with E-state index < -0.39 is 0 Å². The third kappa shape index (κ3) is 4.66. The van der Waals surface area contributed by atoms with Crippen LogP contribution in [0, 0.1) is 0 Å². The van der Waals surface area contributed by atoms with Gasteiger partial charge < -0.3 is 4.57 Å². The molecule has 0 N–H and O–H groups in total. The molecule has 0 fully saturated rings. The van der Waals surface area contributed by atoms with Crippen molar-refractivity contribution in [3.63, 3.8) is 0 Å². The molecule has 1 heterocycles. The Morgan fingerprint density at radius 1 is 0.667 bits per heavy atom. The first-order valence-corrected chi connectivity index (χ1v) is 9.51. The molecule has 0 aliphatic rings. The normalized spacial score (nSPS) is 10.9. The topological polar surface area (TPSA) is 17.8 Å². The molecule has 0 saturated carbocycles. The molecule has 2 nitrogen and oxygen atoms in total. The van der Waals surface area contributed by atoms with Crippen molar-refractivity contribution >= 4 is 11.6 Å². The summed E-state index contributed by atoms with van der Waals surface area (Å²) >= 11 is 6.03. The van der Waals surface area contributed by atoms with Gasteiger partial charge in [-0.05, 0) is 28.8 Å². The largest absolute Gasteiger partial charge is 0.330 e. The number of imidazole rings is 1. The van der Waals surface area contributed by atoms with Gasteiger partial charge in [0.25, 0.3) is 0 Å². The van der Waals surface area contributed by atoms with Gasteiger partial charge in [0.05, 0.1) is 5.69 Å². The van der Waals surface area contributed by atoms with Gasteiger partial charge in [0.1, 0.15) is 5.82 Å². The third-order valence-electron chi connectivity index (χ3n) is 4.61. The molecule has 0 spiro atoms. The Hall–Kier alpha value is -2.84. The van der Waals surface area contributed by atoms with E-state index in [1.165, 1.54) is 16.7 Å². The highest BCUT2D eigenvalue weighted by molar-refractivity contribution is 6.30. The fraction of sp³-hybridized carbons (Fsp3) is 0.125. The average Bonchev–Trinajstić information content (AvgIpc) is 3.06. The Morgan fingerprint density at radius 3 is 1.89 bits per heavy atom. The maximum atomic E-state index is 6.03. The minimum absolute atomic E-state index is 0.763. The van der Waals surface area contributed by atoms with Crippen LogP contribution in [0.15, 0.2) is 91.1 Å². The Labute approximate surface area is 165 Å². The number of hydrogen-bond acceptors (Lipinski definition) is 1. The molecule has 27 heavy (non-hydrogen) atoms. The summed E-state index contributed by atoms with van der Waals surface area (Å²) in [6, 6.07) is 29.0. The van der Waals surface area contributed by atoms with Crippen molar-refractivity contribution in [2.45, 2.75) is 19.4 Å². The molecule has 4 rings (SSSR count). The van der Waals surface area contributed by atoms with Crippen LogP contribution in [0.3, 0.4) is 0 Å². The van der Waals surface area contributed by atoms with Crippen molar-refractivity contribution in [2.75, 3.05) is 0 Å². The fourth-order valence-corrected chi connectivity index (χ4v) is 3.37. The molecular formula is C24H21ClN2. The molecular weight excluding hydrogens is 352 g/mol. The van der Waals surface area contributed by atoms with Gasteiger partial charge in [-0.1, -0.05) is 84.4 Å². The van der Waals surface area contributed by atoms with Gasteiger partial charge in [-0.2, -0.15) is 0 Å². The van der Waals surface area contributed by atoms with Crippen molar-refractivity contribution in [1.29, 1.82) is 0 Å². The molecule has 0 amide bonds. The molecule has 0 bridgehead atoms. The van der Waals surface area contributed by atoms with Gasteiger partial charge in [0.15, 0.2) is 0 Å². The Balaban J connectivity index is 1.62. The van der Waals surface area contributed by atoms with Gasteiger partial charge in [0.2, 0.25) is 0 Å². The lowest BCUT2D eigenvalue weighted by molar-refractivity contribution is 0.740. The summed E-state index contributed by atoms with van der Waals surface area (Å²) in [4.78, 5) is 4.95. The van der Waals surface area contributed by atoms with Crippen LogP contribution in [0.4, 0.5) is 0 Å². The van der Waals surface area contributed by atoms with Crippen molar-refractivity contribution in [3.05, 3.63) is 124 Å². The first kappa shape index (κ1) is 17.6. The van der Waals surface area contributed by atoms with Crippen LogP contribution in [0.1, 0.15) is 28.2 Å². The van der Waals surface area contributed by atoms with Crippen LogP contribution in [0.2, 0.25) is 5.02 Å². The summed E-state index contributed by atoms with van der Waals surface area (Å²) in [6.07, 6.45) is 3.85. The van der Waals surface area contributed by atoms with Gasteiger partial charge in [-0.15, -0.1) is 0 Å². The zero-order valence-corrected chi connectivity index (χ0v) is 15.8. The molecule has 3 aromatic carbocycles. The van der Waals surface area contributed by atoms with E-state index in [9.17, 15) is 0 Å². The maximum absolute atomic E-state index is 6.03.